The quantitative estimate of drug-likeness (QED) is 0.624. The van der Waals surface area contributed by atoms with Gasteiger partial charge >= 0.3 is 0 Å². The number of hydrogen-bond donors (Lipinski definition) is 2. The smallest absolute Gasteiger partial charge is 0.265 e. The Labute approximate surface area is 118 Å². The van der Waals surface area contributed by atoms with Crippen molar-refractivity contribution in [2.45, 2.75) is 12.5 Å². The molecule has 1 atom stereocenters. The van der Waals surface area contributed by atoms with Crippen LogP contribution in [0, 0.1) is 0 Å². The zero-order chi connectivity index (χ0) is 14.0. The second-order valence-corrected chi connectivity index (χ2v) is 5.07. The third-order valence-corrected chi connectivity index (χ3v) is 3.38. The van der Waals surface area contributed by atoms with Gasteiger partial charge in [0.1, 0.15) is 6.04 Å². The molecule has 1 aromatic rings. The molecule has 1 heterocycles. The van der Waals surface area contributed by atoms with Crippen LogP contribution in [0.1, 0.15) is 16.8 Å². The first-order valence-electron chi connectivity index (χ1n) is 5.61. The molecular weight excluding hydrogens is 314 g/mol. The summed E-state index contributed by atoms with van der Waals surface area (Å²) < 4.78 is 0.871. The number of likely N-dealkylation sites (tertiary alicyclic amines) is 1. The van der Waals surface area contributed by atoms with Crippen LogP contribution in [0.4, 0.5) is 0 Å². The van der Waals surface area contributed by atoms with Crippen molar-refractivity contribution in [1.29, 1.82) is 0 Å². The second-order valence-electron chi connectivity index (χ2n) is 4.15. The maximum Gasteiger partial charge on any atom is 0.265 e. The van der Waals surface area contributed by atoms with Gasteiger partial charge in [0.15, 0.2) is 0 Å². The van der Waals surface area contributed by atoms with Crippen LogP contribution in [0.5, 0.6) is 0 Å². The molecule has 100 valence electrons. The summed E-state index contributed by atoms with van der Waals surface area (Å²) in [6.07, 6.45) is 0.0515. The van der Waals surface area contributed by atoms with Crippen molar-refractivity contribution in [1.82, 2.24) is 15.8 Å². The Morgan fingerprint density at radius 1 is 1.32 bits per heavy atom. The molecule has 1 aliphatic rings. The molecule has 0 aliphatic carbocycles. The summed E-state index contributed by atoms with van der Waals surface area (Å²) in [5.41, 5.74) is 5.47. The van der Waals surface area contributed by atoms with Gasteiger partial charge in [-0.05, 0) is 24.3 Å². The van der Waals surface area contributed by atoms with Crippen molar-refractivity contribution in [3.8, 4) is 0 Å². The van der Waals surface area contributed by atoms with Crippen LogP contribution in [0.2, 0.25) is 0 Å². The molecule has 2 N–H and O–H groups in total. The summed E-state index contributed by atoms with van der Waals surface area (Å²) in [5.74, 6) is -0.969. The Kier molecular flexibility index (Phi) is 3.96. The van der Waals surface area contributed by atoms with E-state index in [4.69, 9.17) is 0 Å². The van der Waals surface area contributed by atoms with Gasteiger partial charge in [-0.25, -0.2) is 5.43 Å². The van der Waals surface area contributed by atoms with E-state index in [9.17, 15) is 14.4 Å². The Bertz CT molecular complexity index is 530. The number of carbonyl (C=O) groups excluding carboxylic acids is 3. The number of benzene rings is 1. The Morgan fingerprint density at radius 3 is 2.47 bits per heavy atom. The second kappa shape index (κ2) is 5.50. The van der Waals surface area contributed by atoms with Crippen LogP contribution in [0.15, 0.2) is 28.7 Å². The van der Waals surface area contributed by atoms with E-state index in [1.165, 1.54) is 7.05 Å². The Morgan fingerprint density at radius 2 is 1.95 bits per heavy atom. The Balaban J connectivity index is 1.93. The fourth-order valence-corrected chi connectivity index (χ4v) is 1.96. The van der Waals surface area contributed by atoms with Crippen molar-refractivity contribution in [3.05, 3.63) is 34.3 Å². The van der Waals surface area contributed by atoms with E-state index in [0.29, 0.717) is 5.56 Å². The fraction of sp³-hybridized carbons (Fsp3) is 0.250. The lowest BCUT2D eigenvalue weighted by atomic mass is 10.2. The molecule has 0 spiro atoms. The number of nitrogens with one attached hydrogen (secondary N) is 2. The lowest BCUT2D eigenvalue weighted by Gasteiger charge is -2.12. The molecular formula is C12H12BrN3O3. The minimum absolute atomic E-state index is 0.0515. The molecule has 1 fully saturated rings. The normalized spacial score (nSPS) is 18.8. The Hall–Kier alpha value is -1.73. The summed E-state index contributed by atoms with van der Waals surface area (Å²) in [5, 5.41) is 0. The number of likely N-dealkylation sites (N-methyl/N-ethyl adjacent to an activating group) is 1. The van der Waals surface area contributed by atoms with Crippen LogP contribution in [-0.4, -0.2) is 35.7 Å². The van der Waals surface area contributed by atoms with Crippen LogP contribution in [0.3, 0.4) is 0 Å². The number of carbonyl (C=O) groups is 3. The average molecular weight is 326 g/mol. The van der Waals surface area contributed by atoms with Gasteiger partial charge in [0.2, 0.25) is 11.8 Å². The number of amides is 3. The standard InChI is InChI=1S/C12H12BrN3O3/c1-16-10(17)6-9(12(16)19)14-15-11(18)7-2-4-8(13)5-3-7/h2-5,9,14H,6H2,1H3,(H,15,18)/t9-/m1/s1. The van der Waals surface area contributed by atoms with Gasteiger partial charge in [-0.3, -0.25) is 24.7 Å². The summed E-state index contributed by atoms with van der Waals surface area (Å²) in [6.45, 7) is 0. The van der Waals surface area contributed by atoms with E-state index in [1.54, 1.807) is 24.3 Å². The number of hydrazine groups is 1. The van der Waals surface area contributed by atoms with E-state index < -0.39 is 6.04 Å². The lowest BCUT2D eigenvalue weighted by Crippen LogP contribution is -2.47. The third kappa shape index (κ3) is 2.99. The largest absolute Gasteiger partial charge is 0.287 e. The maximum absolute atomic E-state index is 11.8. The molecule has 0 radical (unpaired) electrons. The molecule has 1 aliphatic heterocycles. The van der Waals surface area contributed by atoms with Crippen molar-refractivity contribution in [3.63, 3.8) is 0 Å². The van der Waals surface area contributed by atoms with Crippen molar-refractivity contribution < 1.29 is 14.4 Å². The van der Waals surface area contributed by atoms with Gasteiger partial charge in [-0.2, -0.15) is 0 Å². The highest BCUT2D eigenvalue weighted by Crippen LogP contribution is 2.11. The van der Waals surface area contributed by atoms with Crippen LogP contribution < -0.4 is 10.9 Å². The first-order valence-corrected chi connectivity index (χ1v) is 6.40. The highest BCUT2D eigenvalue weighted by molar-refractivity contribution is 9.10. The van der Waals surface area contributed by atoms with Crippen molar-refractivity contribution in [2.75, 3.05) is 7.05 Å². The number of halogens is 1. The molecule has 2 rings (SSSR count). The zero-order valence-electron chi connectivity index (χ0n) is 10.1. The van der Waals surface area contributed by atoms with Crippen LogP contribution in [-0.2, 0) is 9.59 Å². The maximum atomic E-state index is 11.8. The molecule has 1 aromatic carbocycles. The summed E-state index contributed by atoms with van der Waals surface area (Å²) in [7, 11) is 1.42. The number of nitrogens with zero attached hydrogens (tertiary/aromatic N) is 1. The lowest BCUT2D eigenvalue weighted by molar-refractivity contribution is -0.137. The van der Waals surface area contributed by atoms with Gasteiger partial charge in [0.25, 0.3) is 5.91 Å². The minimum Gasteiger partial charge on any atom is -0.287 e. The predicted molar refractivity (Wildman–Crippen MR) is 70.9 cm³/mol. The molecule has 0 bridgehead atoms. The monoisotopic (exact) mass is 325 g/mol. The predicted octanol–water partition coefficient (Wildman–Crippen LogP) is 0.441. The van der Waals surface area contributed by atoms with Crippen molar-refractivity contribution in [2.24, 2.45) is 0 Å². The zero-order valence-corrected chi connectivity index (χ0v) is 11.7. The average Bonchev–Trinajstić information content (AvgIpc) is 2.64. The molecule has 3 amide bonds. The number of imide groups is 1. The van der Waals surface area contributed by atoms with Crippen molar-refractivity contribution >= 4 is 33.7 Å². The molecule has 7 heteroatoms. The minimum atomic E-state index is -0.697. The fourth-order valence-electron chi connectivity index (χ4n) is 1.69. The molecule has 1 saturated heterocycles. The summed E-state index contributed by atoms with van der Waals surface area (Å²) in [6, 6.07) is 6.08. The van der Waals surface area contributed by atoms with Gasteiger partial charge in [0, 0.05) is 17.1 Å². The highest BCUT2D eigenvalue weighted by atomic mass is 79.9. The topological polar surface area (TPSA) is 78.5 Å². The number of hydrogen-bond acceptors (Lipinski definition) is 4. The highest BCUT2D eigenvalue weighted by Gasteiger charge is 2.36. The van der Waals surface area contributed by atoms with E-state index in [2.05, 4.69) is 26.8 Å². The van der Waals surface area contributed by atoms with E-state index in [-0.39, 0.29) is 24.1 Å². The molecule has 19 heavy (non-hydrogen) atoms. The third-order valence-electron chi connectivity index (χ3n) is 2.85. The van der Waals surface area contributed by atoms with Crippen LogP contribution in [0.25, 0.3) is 0 Å². The van der Waals surface area contributed by atoms with E-state index >= 15 is 0 Å². The van der Waals surface area contributed by atoms with E-state index in [0.717, 1.165) is 9.37 Å². The van der Waals surface area contributed by atoms with Crippen LogP contribution >= 0.6 is 15.9 Å². The summed E-state index contributed by atoms with van der Waals surface area (Å²) >= 11 is 3.27. The number of rotatable bonds is 3. The molecule has 0 aromatic heterocycles. The van der Waals surface area contributed by atoms with Gasteiger partial charge in [-0.15, -0.1) is 0 Å². The first kappa shape index (κ1) is 13.7. The first-order chi connectivity index (χ1) is 8.99. The summed E-state index contributed by atoms with van der Waals surface area (Å²) in [4.78, 5) is 35.7. The molecule has 6 nitrogen and oxygen atoms in total. The molecule has 0 saturated carbocycles. The van der Waals surface area contributed by atoms with Gasteiger partial charge in [0.05, 0.1) is 6.42 Å². The SMILES string of the molecule is CN1C(=O)C[C@@H](NNC(=O)c2ccc(Br)cc2)C1=O. The van der Waals surface area contributed by atoms with Gasteiger partial charge < -0.3 is 0 Å². The van der Waals surface area contributed by atoms with E-state index in [1.807, 2.05) is 0 Å². The van der Waals surface area contributed by atoms with Gasteiger partial charge in [-0.1, -0.05) is 15.9 Å². The molecule has 0 unspecified atom stereocenters.